The summed E-state index contributed by atoms with van der Waals surface area (Å²) < 4.78 is 14.7. The number of nitrogens with zero attached hydrogens (tertiary/aromatic N) is 2. The number of aryl methyl sites for hydroxylation is 2. The molecule has 5 nitrogen and oxygen atoms in total. The van der Waals surface area contributed by atoms with Crippen LogP contribution in [-0.2, 0) is 11.3 Å². The molecular formula is C26H26N2O3S. The lowest BCUT2D eigenvalue weighted by atomic mass is 10.1. The lowest BCUT2D eigenvalue weighted by Gasteiger charge is -2.08. The number of aromatic nitrogens is 1. The van der Waals surface area contributed by atoms with Crippen molar-refractivity contribution in [2.75, 3.05) is 13.2 Å². The number of carbonyl (C=O) groups is 1. The highest BCUT2D eigenvalue weighted by Gasteiger charge is 2.12. The van der Waals surface area contributed by atoms with Crippen molar-refractivity contribution < 1.29 is 14.3 Å². The number of fused-ring (bicyclic) bond motifs is 1. The average Bonchev–Trinajstić information content (AvgIpc) is 3.12. The van der Waals surface area contributed by atoms with Crippen LogP contribution in [0.3, 0.4) is 0 Å². The second-order valence-electron chi connectivity index (χ2n) is 7.52. The van der Waals surface area contributed by atoms with E-state index in [2.05, 4.69) is 35.5 Å². The molecule has 1 aromatic heterocycles. The van der Waals surface area contributed by atoms with Gasteiger partial charge in [-0.25, -0.2) is 0 Å². The van der Waals surface area contributed by atoms with Gasteiger partial charge in [0.05, 0.1) is 16.8 Å². The smallest absolute Gasteiger partial charge is 0.279 e. The molecular weight excluding hydrogens is 420 g/mol. The maximum Gasteiger partial charge on any atom is 0.279 e. The summed E-state index contributed by atoms with van der Waals surface area (Å²) in [7, 11) is 0. The molecule has 0 aliphatic carbocycles. The second-order valence-corrected chi connectivity index (χ2v) is 8.53. The van der Waals surface area contributed by atoms with Gasteiger partial charge in [0.1, 0.15) is 11.5 Å². The SMILES string of the molecule is CCOCCn1c(=NC(=O)c2cccc(Oc3ccccc3)c2)sc2cc(C)cc(C)c21. The first kappa shape index (κ1) is 22.0. The zero-order valence-electron chi connectivity index (χ0n) is 18.5. The van der Waals surface area contributed by atoms with E-state index in [9.17, 15) is 4.79 Å². The van der Waals surface area contributed by atoms with E-state index in [0.29, 0.717) is 35.9 Å². The maximum atomic E-state index is 13.1. The molecule has 0 aliphatic heterocycles. The molecule has 0 aliphatic rings. The molecule has 32 heavy (non-hydrogen) atoms. The van der Waals surface area contributed by atoms with Crippen LogP contribution < -0.4 is 9.54 Å². The molecule has 1 heterocycles. The van der Waals surface area contributed by atoms with Crippen LogP contribution in [0.2, 0.25) is 0 Å². The molecule has 0 unspecified atom stereocenters. The van der Waals surface area contributed by atoms with Gasteiger partial charge < -0.3 is 14.0 Å². The molecule has 0 fully saturated rings. The van der Waals surface area contributed by atoms with Crippen molar-refractivity contribution in [3.63, 3.8) is 0 Å². The highest BCUT2D eigenvalue weighted by molar-refractivity contribution is 7.16. The quantitative estimate of drug-likeness (QED) is 0.333. The maximum absolute atomic E-state index is 13.1. The van der Waals surface area contributed by atoms with E-state index < -0.39 is 0 Å². The van der Waals surface area contributed by atoms with E-state index in [4.69, 9.17) is 9.47 Å². The molecule has 4 rings (SSSR count). The van der Waals surface area contributed by atoms with Gasteiger partial charge in [-0.1, -0.05) is 41.7 Å². The molecule has 0 saturated heterocycles. The van der Waals surface area contributed by atoms with Gasteiger partial charge >= 0.3 is 0 Å². The minimum atomic E-state index is -0.297. The Labute approximate surface area is 191 Å². The molecule has 164 valence electrons. The Morgan fingerprint density at radius 2 is 1.78 bits per heavy atom. The summed E-state index contributed by atoms with van der Waals surface area (Å²) >= 11 is 1.53. The van der Waals surface area contributed by atoms with E-state index in [0.717, 1.165) is 16.0 Å². The Bertz CT molecular complexity index is 1310. The molecule has 0 radical (unpaired) electrons. The fourth-order valence-corrected chi connectivity index (χ4v) is 4.88. The third-order valence-corrected chi connectivity index (χ3v) is 6.06. The molecule has 0 N–H and O–H groups in total. The Balaban J connectivity index is 1.70. The van der Waals surface area contributed by atoms with E-state index in [1.54, 1.807) is 12.1 Å². The van der Waals surface area contributed by atoms with Gasteiger partial charge in [0, 0.05) is 18.7 Å². The monoisotopic (exact) mass is 446 g/mol. The summed E-state index contributed by atoms with van der Waals surface area (Å²) in [6, 6.07) is 20.9. The summed E-state index contributed by atoms with van der Waals surface area (Å²) in [4.78, 5) is 18.2. The largest absolute Gasteiger partial charge is 0.457 e. The van der Waals surface area contributed by atoms with E-state index >= 15 is 0 Å². The van der Waals surface area contributed by atoms with Crippen LogP contribution in [0.1, 0.15) is 28.4 Å². The summed E-state index contributed by atoms with van der Waals surface area (Å²) in [6.07, 6.45) is 0. The number of carbonyl (C=O) groups excluding carboxylic acids is 1. The minimum Gasteiger partial charge on any atom is -0.457 e. The van der Waals surface area contributed by atoms with E-state index in [1.807, 2.05) is 49.4 Å². The molecule has 4 aromatic rings. The van der Waals surface area contributed by atoms with Crippen LogP contribution in [0, 0.1) is 13.8 Å². The summed E-state index contributed by atoms with van der Waals surface area (Å²) in [5, 5.41) is 0. The van der Waals surface area contributed by atoms with Crippen molar-refractivity contribution in [3.05, 3.63) is 88.2 Å². The highest BCUT2D eigenvalue weighted by Crippen LogP contribution is 2.24. The molecule has 6 heteroatoms. The Morgan fingerprint density at radius 3 is 2.56 bits per heavy atom. The van der Waals surface area contributed by atoms with Crippen molar-refractivity contribution in [2.24, 2.45) is 4.99 Å². The van der Waals surface area contributed by atoms with Gasteiger partial charge in [0.2, 0.25) is 0 Å². The number of hydrogen-bond donors (Lipinski definition) is 0. The first-order chi connectivity index (χ1) is 15.5. The number of amides is 1. The minimum absolute atomic E-state index is 0.297. The number of benzene rings is 3. The van der Waals surface area contributed by atoms with Crippen LogP contribution in [0.5, 0.6) is 11.5 Å². The summed E-state index contributed by atoms with van der Waals surface area (Å²) in [5.74, 6) is 1.03. The number of thiazole rings is 1. The first-order valence-corrected chi connectivity index (χ1v) is 11.5. The van der Waals surface area contributed by atoms with Crippen molar-refractivity contribution in [1.29, 1.82) is 0 Å². The summed E-state index contributed by atoms with van der Waals surface area (Å²) in [6.45, 7) is 8.01. The lowest BCUT2D eigenvalue weighted by molar-refractivity contribution is 0.0996. The third-order valence-electron chi connectivity index (χ3n) is 5.03. The second kappa shape index (κ2) is 9.94. The summed E-state index contributed by atoms with van der Waals surface area (Å²) in [5.41, 5.74) is 3.95. The van der Waals surface area contributed by atoms with Crippen molar-refractivity contribution in [2.45, 2.75) is 27.3 Å². The van der Waals surface area contributed by atoms with Crippen LogP contribution in [0.4, 0.5) is 0 Å². The zero-order valence-corrected chi connectivity index (χ0v) is 19.3. The van der Waals surface area contributed by atoms with Crippen molar-refractivity contribution >= 4 is 27.5 Å². The third kappa shape index (κ3) is 4.98. The number of hydrogen-bond acceptors (Lipinski definition) is 4. The van der Waals surface area contributed by atoms with Gasteiger partial charge in [0.15, 0.2) is 4.80 Å². The fourth-order valence-electron chi connectivity index (χ4n) is 3.65. The Kier molecular flexibility index (Phi) is 6.83. The van der Waals surface area contributed by atoms with Gasteiger partial charge in [-0.05, 0) is 68.3 Å². The van der Waals surface area contributed by atoms with Crippen LogP contribution >= 0.6 is 11.3 Å². The van der Waals surface area contributed by atoms with Crippen LogP contribution in [-0.4, -0.2) is 23.7 Å². The zero-order chi connectivity index (χ0) is 22.5. The standard InChI is InChI=1S/C26H26N2O3S/c1-4-30-14-13-28-24-19(3)15-18(2)16-23(24)32-26(28)27-25(29)20-9-8-12-22(17-20)31-21-10-6-5-7-11-21/h5-12,15-17H,4,13-14H2,1-3H3. The van der Waals surface area contributed by atoms with Gasteiger partial charge in [-0.2, -0.15) is 4.99 Å². The highest BCUT2D eigenvalue weighted by atomic mass is 32.1. The average molecular weight is 447 g/mol. The number of ether oxygens (including phenoxy) is 2. The number of rotatable bonds is 7. The normalized spacial score (nSPS) is 11.8. The van der Waals surface area contributed by atoms with Gasteiger partial charge in [0.25, 0.3) is 5.91 Å². The topological polar surface area (TPSA) is 52.8 Å². The van der Waals surface area contributed by atoms with Gasteiger partial charge in [-0.15, -0.1) is 0 Å². The van der Waals surface area contributed by atoms with E-state index in [1.165, 1.54) is 22.5 Å². The van der Waals surface area contributed by atoms with Crippen LogP contribution in [0.25, 0.3) is 10.2 Å². The fraction of sp³-hybridized carbons (Fsp3) is 0.231. The molecule has 1 amide bonds. The molecule has 0 saturated carbocycles. The number of para-hydroxylation sites is 1. The first-order valence-electron chi connectivity index (χ1n) is 10.7. The van der Waals surface area contributed by atoms with Crippen molar-refractivity contribution in [3.8, 4) is 11.5 Å². The molecule has 3 aromatic carbocycles. The Morgan fingerprint density at radius 1 is 1.00 bits per heavy atom. The molecule has 0 bridgehead atoms. The molecule has 0 spiro atoms. The predicted octanol–water partition coefficient (Wildman–Crippen LogP) is 5.89. The lowest BCUT2D eigenvalue weighted by Crippen LogP contribution is -2.20. The van der Waals surface area contributed by atoms with E-state index in [-0.39, 0.29) is 5.91 Å². The predicted molar refractivity (Wildman–Crippen MR) is 129 cm³/mol. The Hall–Kier alpha value is -3.22. The van der Waals surface area contributed by atoms with Crippen molar-refractivity contribution in [1.82, 2.24) is 4.57 Å². The molecule has 0 atom stereocenters. The van der Waals surface area contributed by atoms with Crippen LogP contribution in [0.15, 0.2) is 71.7 Å². The van der Waals surface area contributed by atoms with Gasteiger partial charge in [-0.3, -0.25) is 4.79 Å².